The first-order valence-corrected chi connectivity index (χ1v) is 17.2. The summed E-state index contributed by atoms with van der Waals surface area (Å²) in [6.45, 7) is 13.0. The Hall–Kier alpha value is -3.89. The normalized spacial score (nSPS) is 15.2. The molecule has 3 N–H and O–H groups in total. The largest absolute Gasteiger partial charge is 0.495 e. The quantitative estimate of drug-likeness (QED) is 0.120. The molecule has 0 aliphatic rings. The SMILES string of the molecule is COc1ccc(C[C@@H](C)C(=O)NC[C@H](C(=O)O[C@@H](CC(C)C)C(=O)O[C@@H](C/C=C/C(N)=O)[C@H](C)O[C@@H](C)c2ccccc2)C(C)C)cc1Cl. The van der Waals surface area contributed by atoms with Gasteiger partial charge in [-0.1, -0.05) is 88.7 Å². The molecule has 0 radical (unpaired) electrons. The molecule has 2 aromatic rings. The van der Waals surface area contributed by atoms with Gasteiger partial charge in [-0.05, 0) is 67.9 Å². The van der Waals surface area contributed by atoms with Crippen molar-refractivity contribution < 1.29 is 38.1 Å². The van der Waals surface area contributed by atoms with Crippen LogP contribution in [0.3, 0.4) is 0 Å². The molecule has 0 saturated heterocycles. The van der Waals surface area contributed by atoms with Crippen LogP contribution in [-0.4, -0.2) is 55.7 Å². The number of nitrogens with one attached hydrogen (secondary N) is 1. The van der Waals surface area contributed by atoms with Crippen LogP contribution in [0.5, 0.6) is 5.75 Å². The molecule has 0 aliphatic heterocycles. The minimum Gasteiger partial charge on any atom is -0.495 e. The molecule has 6 atom stereocenters. The summed E-state index contributed by atoms with van der Waals surface area (Å²) in [5.41, 5.74) is 7.10. The lowest BCUT2D eigenvalue weighted by Gasteiger charge is -2.29. The van der Waals surface area contributed by atoms with Gasteiger partial charge in [0.25, 0.3) is 0 Å². The van der Waals surface area contributed by atoms with E-state index in [-0.39, 0.29) is 43.2 Å². The number of methoxy groups -OCH3 is 1. The summed E-state index contributed by atoms with van der Waals surface area (Å²) >= 11 is 6.24. The van der Waals surface area contributed by atoms with Crippen molar-refractivity contribution in [1.82, 2.24) is 5.32 Å². The van der Waals surface area contributed by atoms with Crippen molar-refractivity contribution in [3.63, 3.8) is 0 Å². The fourth-order valence-corrected chi connectivity index (χ4v) is 5.48. The van der Waals surface area contributed by atoms with E-state index in [1.54, 1.807) is 26.0 Å². The monoisotopic (exact) mass is 700 g/mol. The first-order chi connectivity index (χ1) is 23.1. The van der Waals surface area contributed by atoms with Crippen molar-refractivity contribution in [3.05, 3.63) is 76.8 Å². The Morgan fingerprint density at radius 2 is 1.59 bits per heavy atom. The van der Waals surface area contributed by atoms with E-state index in [0.717, 1.165) is 11.1 Å². The standard InChI is InChI=1S/C38H53ClN2O8/c1-23(2)19-34(38(45)48-32(15-12-16-35(40)42)27(7)47-26(6)29-13-10-9-11-14-29)49-37(44)30(24(3)4)22-41-36(43)25(5)20-28-17-18-33(46-8)31(39)21-28/h9-14,16-18,21,23-27,30,32,34H,15,19-20,22H2,1-8H3,(H2,40,42)(H,41,43)/b16-12+/t25-,26+,27+,30+,32+,34+/m1/s1. The summed E-state index contributed by atoms with van der Waals surface area (Å²) in [6, 6.07) is 15.0. The molecular formula is C38H53ClN2O8. The van der Waals surface area contributed by atoms with Crippen LogP contribution >= 0.6 is 11.6 Å². The predicted octanol–water partition coefficient (Wildman–Crippen LogP) is 6.38. The van der Waals surface area contributed by atoms with Crippen molar-refractivity contribution in [1.29, 1.82) is 0 Å². The Morgan fingerprint density at radius 1 is 0.918 bits per heavy atom. The fraction of sp³-hybridized carbons (Fsp3) is 0.526. The molecule has 0 unspecified atom stereocenters. The number of carbonyl (C=O) groups excluding carboxylic acids is 4. The molecule has 2 amide bonds. The Morgan fingerprint density at radius 3 is 2.16 bits per heavy atom. The van der Waals surface area contributed by atoms with Gasteiger partial charge >= 0.3 is 11.9 Å². The second-order valence-corrected chi connectivity index (χ2v) is 13.5. The lowest BCUT2D eigenvalue weighted by molar-refractivity contribution is -0.181. The number of hydrogen-bond acceptors (Lipinski definition) is 8. The maximum absolute atomic E-state index is 13.6. The predicted molar refractivity (Wildman–Crippen MR) is 190 cm³/mol. The van der Waals surface area contributed by atoms with E-state index in [2.05, 4.69) is 5.32 Å². The zero-order valence-electron chi connectivity index (χ0n) is 29.9. The smallest absolute Gasteiger partial charge is 0.347 e. The summed E-state index contributed by atoms with van der Waals surface area (Å²) in [7, 11) is 1.54. The van der Waals surface area contributed by atoms with Gasteiger partial charge in [0.1, 0.15) is 11.9 Å². The zero-order valence-corrected chi connectivity index (χ0v) is 30.7. The topological polar surface area (TPSA) is 143 Å². The number of benzene rings is 2. The Labute approximate surface area is 296 Å². The van der Waals surface area contributed by atoms with Crippen LogP contribution in [-0.2, 0) is 39.8 Å². The summed E-state index contributed by atoms with van der Waals surface area (Å²) in [4.78, 5) is 51.5. The Balaban J connectivity index is 2.13. The highest BCUT2D eigenvalue weighted by molar-refractivity contribution is 6.32. The van der Waals surface area contributed by atoms with Crippen LogP contribution in [0, 0.1) is 23.7 Å². The highest BCUT2D eigenvalue weighted by atomic mass is 35.5. The number of esters is 2. The molecular weight excluding hydrogens is 648 g/mol. The number of halogens is 1. The summed E-state index contributed by atoms with van der Waals surface area (Å²) < 4.78 is 23.1. The number of amides is 2. The van der Waals surface area contributed by atoms with Gasteiger partial charge in [-0.2, -0.15) is 0 Å². The summed E-state index contributed by atoms with van der Waals surface area (Å²) in [6.07, 6.45) is 0.671. The minimum absolute atomic E-state index is 0.00477. The van der Waals surface area contributed by atoms with Gasteiger partial charge < -0.3 is 30.0 Å². The van der Waals surface area contributed by atoms with E-state index >= 15 is 0 Å². The number of carbonyl (C=O) groups is 4. The Bertz CT molecular complexity index is 1400. The molecule has 0 aliphatic carbocycles. The van der Waals surface area contributed by atoms with Crippen molar-refractivity contribution in [2.45, 2.75) is 92.1 Å². The van der Waals surface area contributed by atoms with Gasteiger partial charge in [0, 0.05) is 18.9 Å². The third kappa shape index (κ3) is 14.2. The van der Waals surface area contributed by atoms with Crippen LogP contribution in [0.15, 0.2) is 60.7 Å². The molecule has 0 fully saturated rings. The van der Waals surface area contributed by atoms with Crippen molar-refractivity contribution in [3.8, 4) is 5.75 Å². The van der Waals surface area contributed by atoms with Gasteiger partial charge in [0.2, 0.25) is 11.8 Å². The maximum Gasteiger partial charge on any atom is 0.347 e. The molecule has 0 spiro atoms. The lowest BCUT2D eigenvalue weighted by atomic mass is 9.94. The molecule has 0 saturated carbocycles. The van der Waals surface area contributed by atoms with E-state index in [4.69, 9.17) is 36.3 Å². The maximum atomic E-state index is 13.6. The Kier molecular flexibility index (Phi) is 17.3. The van der Waals surface area contributed by atoms with E-state index in [1.807, 2.05) is 71.0 Å². The molecule has 270 valence electrons. The molecule has 0 bridgehead atoms. The van der Waals surface area contributed by atoms with Gasteiger partial charge in [-0.15, -0.1) is 0 Å². The second-order valence-electron chi connectivity index (χ2n) is 13.1. The molecule has 0 aromatic heterocycles. The average molecular weight is 701 g/mol. The van der Waals surface area contributed by atoms with E-state index in [9.17, 15) is 19.2 Å². The number of rotatable bonds is 20. The van der Waals surface area contributed by atoms with Gasteiger partial charge in [-0.3, -0.25) is 14.4 Å². The third-order valence-electron chi connectivity index (χ3n) is 8.15. The number of primary amides is 1. The zero-order chi connectivity index (χ0) is 36.7. The highest BCUT2D eigenvalue weighted by Gasteiger charge is 2.34. The van der Waals surface area contributed by atoms with E-state index in [1.165, 1.54) is 19.3 Å². The first kappa shape index (κ1) is 41.3. The number of hydrogen-bond donors (Lipinski definition) is 2. The molecule has 49 heavy (non-hydrogen) atoms. The van der Waals surface area contributed by atoms with Crippen LogP contribution in [0.1, 0.15) is 78.5 Å². The number of nitrogens with two attached hydrogens (primary N) is 1. The van der Waals surface area contributed by atoms with Crippen molar-refractivity contribution >= 4 is 35.4 Å². The van der Waals surface area contributed by atoms with E-state index in [0.29, 0.717) is 17.2 Å². The molecule has 0 heterocycles. The first-order valence-electron chi connectivity index (χ1n) is 16.8. The fourth-order valence-electron chi connectivity index (χ4n) is 5.20. The van der Waals surface area contributed by atoms with Crippen LogP contribution in [0.2, 0.25) is 5.02 Å². The highest BCUT2D eigenvalue weighted by Crippen LogP contribution is 2.27. The molecule has 11 heteroatoms. The van der Waals surface area contributed by atoms with Crippen molar-refractivity contribution in [2.75, 3.05) is 13.7 Å². The van der Waals surface area contributed by atoms with Crippen LogP contribution in [0.25, 0.3) is 0 Å². The molecule has 2 aromatic carbocycles. The van der Waals surface area contributed by atoms with Crippen LogP contribution < -0.4 is 15.8 Å². The average Bonchev–Trinajstić information content (AvgIpc) is 3.03. The summed E-state index contributed by atoms with van der Waals surface area (Å²) in [5, 5.41) is 3.34. The second kappa shape index (κ2) is 20.6. The van der Waals surface area contributed by atoms with Crippen LogP contribution in [0.4, 0.5) is 0 Å². The minimum atomic E-state index is -1.19. The van der Waals surface area contributed by atoms with Gasteiger partial charge in [0.05, 0.1) is 30.3 Å². The molecule has 2 rings (SSSR count). The van der Waals surface area contributed by atoms with Crippen molar-refractivity contribution in [2.24, 2.45) is 29.4 Å². The third-order valence-corrected chi connectivity index (χ3v) is 8.44. The summed E-state index contributed by atoms with van der Waals surface area (Å²) in [5.74, 6) is -2.95. The number of ether oxygens (including phenoxy) is 4. The van der Waals surface area contributed by atoms with Gasteiger partial charge in [-0.25, -0.2) is 4.79 Å². The lowest BCUT2D eigenvalue weighted by Crippen LogP contribution is -2.42. The van der Waals surface area contributed by atoms with E-state index < -0.39 is 48.0 Å². The van der Waals surface area contributed by atoms with Gasteiger partial charge in [0.15, 0.2) is 6.10 Å². The molecule has 10 nitrogen and oxygen atoms in total.